The molecular formula is C15H20BrF3N2O5S. The van der Waals surface area contributed by atoms with Gasteiger partial charge < -0.3 is 14.6 Å². The van der Waals surface area contributed by atoms with Gasteiger partial charge in [0.15, 0.2) is 5.75 Å². The summed E-state index contributed by atoms with van der Waals surface area (Å²) in [6, 6.07) is 3.43. The first-order chi connectivity index (χ1) is 12.6. The highest BCUT2D eigenvalue weighted by Gasteiger charge is 2.36. The largest absolute Gasteiger partial charge is 0.573 e. The molecule has 1 fully saturated rings. The van der Waals surface area contributed by atoms with Gasteiger partial charge in [0, 0.05) is 37.2 Å². The third-order valence-electron chi connectivity index (χ3n) is 3.87. The molecule has 1 aromatic rings. The Morgan fingerprint density at radius 2 is 1.81 bits per heavy atom. The number of rotatable bonds is 8. The van der Waals surface area contributed by atoms with Crippen LogP contribution in [-0.4, -0.2) is 81.6 Å². The van der Waals surface area contributed by atoms with Gasteiger partial charge in [0.2, 0.25) is 10.0 Å². The van der Waals surface area contributed by atoms with Crippen molar-refractivity contribution in [3.8, 4) is 5.75 Å². The van der Waals surface area contributed by atoms with Gasteiger partial charge in [-0.15, -0.1) is 13.2 Å². The van der Waals surface area contributed by atoms with Gasteiger partial charge in [0.25, 0.3) is 0 Å². The first-order valence-corrected chi connectivity index (χ1v) is 10.3. The van der Waals surface area contributed by atoms with Gasteiger partial charge in [0.1, 0.15) is 4.90 Å². The monoisotopic (exact) mass is 476 g/mol. The van der Waals surface area contributed by atoms with Gasteiger partial charge in [-0.1, -0.05) is 15.9 Å². The van der Waals surface area contributed by atoms with E-state index in [-0.39, 0.29) is 30.8 Å². The van der Waals surface area contributed by atoms with Crippen LogP contribution in [0.4, 0.5) is 13.2 Å². The molecule has 0 bridgehead atoms. The van der Waals surface area contributed by atoms with Crippen LogP contribution in [0, 0.1) is 0 Å². The molecule has 0 aromatic heterocycles. The van der Waals surface area contributed by atoms with Gasteiger partial charge in [-0.3, -0.25) is 4.90 Å². The molecule has 0 amide bonds. The van der Waals surface area contributed by atoms with Gasteiger partial charge in [-0.05, 0) is 18.2 Å². The summed E-state index contributed by atoms with van der Waals surface area (Å²) in [4.78, 5) is 1.46. The average Bonchev–Trinajstić information content (AvgIpc) is 2.57. The van der Waals surface area contributed by atoms with Crippen LogP contribution in [0.15, 0.2) is 27.6 Å². The van der Waals surface area contributed by atoms with Gasteiger partial charge >= 0.3 is 6.36 Å². The Bertz CT molecular complexity index is 725. The normalized spacial score (nSPS) is 17.2. The quantitative estimate of drug-likeness (QED) is 0.574. The zero-order valence-corrected chi connectivity index (χ0v) is 16.7. The van der Waals surface area contributed by atoms with E-state index in [1.165, 1.54) is 6.07 Å². The molecule has 2 rings (SSSR count). The third kappa shape index (κ3) is 6.57. The minimum atomic E-state index is -5.00. The van der Waals surface area contributed by atoms with Crippen molar-refractivity contribution in [2.24, 2.45) is 0 Å². The smallest absolute Gasteiger partial charge is 0.404 e. The Labute approximate surface area is 163 Å². The van der Waals surface area contributed by atoms with Crippen LogP contribution >= 0.6 is 15.9 Å². The van der Waals surface area contributed by atoms with E-state index in [0.717, 1.165) is 16.4 Å². The minimum absolute atomic E-state index is 0.0679. The van der Waals surface area contributed by atoms with E-state index in [0.29, 0.717) is 26.2 Å². The highest BCUT2D eigenvalue weighted by Crippen LogP contribution is 2.34. The summed E-state index contributed by atoms with van der Waals surface area (Å²) in [5.41, 5.74) is 0. The van der Waals surface area contributed by atoms with E-state index in [2.05, 4.69) is 20.7 Å². The lowest BCUT2D eigenvalue weighted by Gasteiger charge is -2.34. The molecule has 0 atom stereocenters. The van der Waals surface area contributed by atoms with Crippen molar-refractivity contribution in [2.75, 3.05) is 52.5 Å². The summed E-state index contributed by atoms with van der Waals surface area (Å²) < 4.78 is 74.0. The molecule has 154 valence electrons. The number of piperazine rings is 1. The Balaban J connectivity index is 2.07. The van der Waals surface area contributed by atoms with Crippen LogP contribution in [0.1, 0.15) is 0 Å². The number of hydrogen-bond donors (Lipinski definition) is 1. The maximum absolute atomic E-state index is 12.8. The van der Waals surface area contributed by atoms with E-state index in [9.17, 15) is 21.6 Å². The lowest BCUT2D eigenvalue weighted by Crippen LogP contribution is -2.49. The molecule has 1 aromatic carbocycles. The molecule has 0 aliphatic carbocycles. The summed E-state index contributed by atoms with van der Waals surface area (Å²) in [7, 11) is -4.14. The van der Waals surface area contributed by atoms with Crippen molar-refractivity contribution < 1.29 is 36.2 Å². The minimum Gasteiger partial charge on any atom is -0.404 e. The van der Waals surface area contributed by atoms with Crippen LogP contribution < -0.4 is 4.74 Å². The Morgan fingerprint density at radius 1 is 1.15 bits per heavy atom. The summed E-state index contributed by atoms with van der Waals surface area (Å²) in [6.07, 6.45) is -5.00. The maximum Gasteiger partial charge on any atom is 0.573 e. The number of aliphatic hydroxyl groups excluding tert-OH is 1. The number of sulfonamides is 1. The fourth-order valence-electron chi connectivity index (χ4n) is 2.59. The molecule has 27 heavy (non-hydrogen) atoms. The molecule has 7 nitrogen and oxygen atoms in total. The second-order valence-corrected chi connectivity index (χ2v) is 8.54. The average molecular weight is 477 g/mol. The molecular weight excluding hydrogens is 457 g/mol. The molecule has 1 aliphatic heterocycles. The molecule has 0 spiro atoms. The number of hydrogen-bond acceptors (Lipinski definition) is 6. The second kappa shape index (κ2) is 9.52. The summed E-state index contributed by atoms with van der Waals surface area (Å²) in [6.45, 7) is 2.29. The number of aliphatic hydroxyl groups is 1. The SMILES string of the molecule is O=S(=O)(c1ccc(Br)cc1OC(F)(F)F)N1CCN(CCOCCO)CC1. The fourth-order valence-corrected chi connectivity index (χ4v) is 4.45. The van der Waals surface area contributed by atoms with Gasteiger partial charge in [0.05, 0.1) is 19.8 Å². The van der Waals surface area contributed by atoms with Crippen molar-refractivity contribution in [1.29, 1.82) is 0 Å². The van der Waals surface area contributed by atoms with Crippen molar-refractivity contribution in [3.63, 3.8) is 0 Å². The second-order valence-electron chi connectivity index (χ2n) is 5.72. The Hall–Kier alpha value is -0.920. The van der Waals surface area contributed by atoms with Crippen LogP contribution in [0.25, 0.3) is 0 Å². The van der Waals surface area contributed by atoms with Crippen LogP contribution in [0.5, 0.6) is 5.75 Å². The van der Waals surface area contributed by atoms with E-state index < -0.39 is 27.0 Å². The highest BCUT2D eigenvalue weighted by molar-refractivity contribution is 9.10. The van der Waals surface area contributed by atoms with E-state index >= 15 is 0 Å². The summed E-state index contributed by atoms with van der Waals surface area (Å²) >= 11 is 3.02. The van der Waals surface area contributed by atoms with E-state index in [1.807, 2.05) is 4.90 Å². The molecule has 0 radical (unpaired) electrons. The number of benzene rings is 1. The standard InChI is InChI=1S/C15H20BrF3N2O5S/c16-12-1-2-14(13(11-12)26-15(17,18)19)27(23,24)21-5-3-20(4-6-21)7-9-25-10-8-22/h1-2,11,22H,3-10H2. The number of nitrogens with zero attached hydrogens (tertiary/aromatic N) is 2. The molecule has 12 heteroatoms. The van der Waals surface area contributed by atoms with Crippen molar-refractivity contribution in [1.82, 2.24) is 9.21 Å². The van der Waals surface area contributed by atoms with E-state index in [4.69, 9.17) is 9.84 Å². The highest BCUT2D eigenvalue weighted by atomic mass is 79.9. The van der Waals surface area contributed by atoms with Crippen molar-refractivity contribution in [2.45, 2.75) is 11.3 Å². The molecule has 1 N–H and O–H groups in total. The zero-order valence-electron chi connectivity index (χ0n) is 14.3. The topological polar surface area (TPSA) is 79.3 Å². The lowest BCUT2D eigenvalue weighted by atomic mass is 10.3. The van der Waals surface area contributed by atoms with Crippen LogP contribution in [-0.2, 0) is 14.8 Å². The number of alkyl halides is 3. The lowest BCUT2D eigenvalue weighted by molar-refractivity contribution is -0.275. The first kappa shape index (κ1) is 22.4. The molecule has 1 heterocycles. The predicted molar refractivity (Wildman–Crippen MR) is 93.9 cm³/mol. The van der Waals surface area contributed by atoms with Crippen molar-refractivity contribution in [3.05, 3.63) is 22.7 Å². The summed E-state index contributed by atoms with van der Waals surface area (Å²) in [5, 5.41) is 8.65. The van der Waals surface area contributed by atoms with Crippen LogP contribution in [0.2, 0.25) is 0 Å². The molecule has 1 aliphatic rings. The summed E-state index contributed by atoms with van der Waals surface area (Å²) in [5.74, 6) is -0.767. The fraction of sp³-hybridized carbons (Fsp3) is 0.600. The van der Waals surface area contributed by atoms with Crippen molar-refractivity contribution >= 4 is 26.0 Å². The van der Waals surface area contributed by atoms with Gasteiger partial charge in [-0.2, -0.15) is 4.31 Å². The molecule has 0 saturated carbocycles. The number of ether oxygens (including phenoxy) is 2. The third-order valence-corrected chi connectivity index (χ3v) is 6.30. The number of halogens is 4. The Morgan fingerprint density at radius 3 is 2.41 bits per heavy atom. The van der Waals surface area contributed by atoms with Crippen LogP contribution in [0.3, 0.4) is 0 Å². The predicted octanol–water partition coefficient (Wildman–Crippen LogP) is 1.66. The molecule has 0 unspecified atom stereocenters. The molecule has 1 saturated heterocycles. The first-order valence-electron chi connectivity index (χ1n) is 8.10. The Kier molecular flexibility index (Phi) is 7.89. The maximum atomic E-state index is 12.8. The van der Waals surface area contributed by atoms with Gasteiger partial charge in [-0.25, -0.2) is 8.42 Å². The van der Waals surface area contributed by atoms with E-state index in [1.54, 1.807) is 0 Å². The zero-order chi connectivity index (χ0) is 20.1.